The van der Waals surface area contributed by atoms with Gasteiger partial charge in [-0.05, 0) is 26.0 Å². The topological polar surface area (TPSA) is 59.4 Å². The summed E-state index contributed by atoms with van der Waals surface area (Å²) >= 11 is 0. The first kappa shape index (κ1) is 12.9. The molecule has 0 saturated heterocycles. The van der Waals surface area contributed by atoms with Crippen LogP contribution in [0.2, 0.25) is 0 Å². The molecule has 2 rings (SSSR count). The number of rotatable bonds is 3. The zero-order chi connectivity index (χ0) is 14.0. The molecule has 0 radical (unpaired) electrons. The molecule has 0 amide bonds. The number of ether oxygens (including phenoxy) is 1. The highest BCUT2D eigenvalue weighted by atomic mass is 16.5. The molecule has 2 aromatic rings. The summed E-state index contributed by atoms with van der Waals surface area (Å²) in [5, 5.41) is 9.80. The van der Waals surface area contributed by atoms with Crippen molar-refractivity contribution in [3.8, 4) is 18.1 Å². The van der Waals surface area contributed by atoms with Crippen molar-refractivity contribution in [1.82, 2.24) is 4.98 Å². The van der Waals surface area contributed by atoms with Crippen molar-refractivity contribution in [3.05, 3.63) is 36.0 Å². The number of nitrogens with zero attached hydrogens (tertiary/aromatic N) is 1. The van der Waals surface area contributed by atoms with Gasteiger partial charge in [0.15, 0.2) is 11.3 Å². The molecule has 0 bridgehead atoms. The number of pyridine rings is 1. The minimum atomic E-state index is -1.10. The Labute approximate surface area is 111 Å². The standard InChI is InChI=1S/C15H13NO3/c1-4-15(2,3)19-13-9-12(14(17)18)16-11-8-6-5-7-10(11)13/h1,5-9H,2-3H3,(H,17,18). The Kier molecular flexibility index (Phi) is 3.14. The van der Waals surface area contributed by atoms with Crippen molar-refractivity contribution in [2.45, 2.75) is 19.4 Å². The fourth-order valence-electron chi connectivity index (χ4n) is 1.64. The average molecular weight is 255 g/mol. The van der Waals surface area contributed by atoms with E-state index in [1.807, 2.05) is 12.1 Å². The third-order valence-electron chi connectivity index (χ3n) is 2.61. The number of hydrogen-bond acceptors (Lipinski definition) is 3. The zero-order valence-electron chi connectivity index (χ0n) is 10.7. The van der Waals surface area contributed by atoms with Crippen LogP contribution in [0.1, 0.15) is 24.3 Å². The van der Waals surface area contributed by atoms with Gasteiger partial charge in [0.1, 0.15) is 5.75 Å². The molecule has 1 N–H and O–H groups in total. The van der Waals surface area contributed by atoms with Gasteiger partial charge in [-0.25, -0.2) is 9.78 Å². The molecule has 0 aliphatic carbocycles. The van der Waals surface area contributed by atoms with Crippen LogP contribution in [0.3, 0.4) is 0 Å². The number of para-hydroxylation sites is 1. The van der Waals surface area contributed by atoms with Crippen LogP contribution in [-0.4, -0.2) is 21.7 Å². The largest absolute Gasteiger partial charge is 0.477 e. The van der Waals surface area contributed by atoms with Gasteiger partial charge in [-0.15, -0.1) is 6.42 Å². The number of terminal acetylenes is 1. The van der Waals surface area contributed by atoms with E-state index in [1.54, 1.807) is 26.0 Å². The van der Waals surface area contributed by atoms with Crippen molar-refractivity contribution in [3.63, 3.8) is 0 Å². The van der Waals surface area contributed by atoms with Crippen molar-refractivity contribution in [1.29, 1.82) is 0 Å². The maximum atomic E-state index is 11.1. The number of carbonyl (C=O) groups is 1. The Morgan fingerprint density at radius 2 is 2.11 bits per heavy atom. The monoisotopic (exact) mass is 255 g/mol. The van der Waals surface area contributed by atoms with E-state index in [1.165, 1.54) is 6.07 Å². The van der Waals surface area contributed by atoms with Gasteiger partial charge in [0, 0.05) is 11.5 Å². The van der Waals surface area contributed by atoms with Crippen LogP contribution >= 0.6 is 0 Å². The summed E-state index contributed by atoms with van der Waals surface area (Å²) in [5.74, 6) is 1.83. The Morgan fingerprint density at radius 1 is 1.42 bits per heavy atom. The van der Waals surface area contributed by atoms with E-state index < -0.39 is 11.6 Å². The van der Waals surface area contributed by atoms with E-state index in [0.717, 1.165) is 5.39 Å². The lowest BCUT2D eigenvalue weighted by Crippen LogP contribution is -2.25. The van der Waals surface area contributed by atoms with Gasteiger partial charge in [0.05, 0.1) is 5.52 Å². The van der Waals surface area contributed by atoms with Gasteiger partial charge < -0.3 is 9.84 Å². The predicted octanol–water partition coefficient (Wildman–Crippen LogP) is 2.72. The van der Waals surface area contributed by atoms with Gasteiger partial charge in [-0.2, -0.15) is 0 Å². The van der Waals surface area contributed by atoms with Gasteiger partial charge in [0.2, 0.25) is 0 Å². The van der Waals surface area contributed by atoms with Crippen molar-refractivity contribution in [2.24, 2.45) is 0 Å². The van der Waals surface area contributed by atoms with Crippen LogP contribution < -0.4 is 4.74 Å². The van der Waals surface area contributed by atoms with E-state index in [2.05, 4.69) is 10.9 Å². The Hall–Kier alpha value is -2.54. The highest BCUT2D eigenvalue weighted by Gasteiger charge is 2.19. The summed E-state index contributed by atoms with van der Waals surface area (Å²) in [6.45, 7) is 3.48. The molecule has 96 valence electrons. The second-order valence-corrected chi connectivity index (χ2v) is 4.58. The first-order valence-electron chi connectivity index (χ1n) is 5.73. The number of hydrogen-bond donors (Lipinski definition) is 1. The summed E-state index contributed by atoms with van der Waals surface area (Å²) in [6, 6.07) is 8.56. The number of fused-ring (bicyclic) bond motifs is 1. The summed E-state index contributed by atoms with van der Waals surface area (Å²) in [6.07, 6.45) is 5.39. The number of carboxylic acids is 1. The van der Waals surface area contributed by atoms with E-state index in [-0.39, 0.29) is 5.69 Å². The lowest BCUT2D eigenvalue weighted by molar-refractivity contribution is 0.0689. The highest BCUT2D eigenvalue weighted by Crippen LogP contribution is 2.28. The fraction of sp³-hybridized carbons (Fsp3) is 0.200. The van der Waals surface area contributed by atoms with Gasteiger partial charge in [0.25, 0.3) is 0 Å². The number of carboxylic acid groups (broad SMARTS) is 1. The average Bonchev–Trinajstić information content (AvgIpc) is 2.38. The van der Waals surface area contributed by atoms with Gasteiger partial charge in [-0.1, -0.05) is 18.1 Å². The van der Waals surface area contributed by atoms with Crippen LogP contribution in [0.4, 0.5) is 0 Å². The molecule has 0 aliphatic rings. The molecule has 0 saturated carbocycles. The molecular weight excluding hydrogens is 242 g/mol. The maximum absolute atomic E-state index is 11.1. The smallest absolute Gasteiger partial charge is 0.354 e. The summed E-state index contributed by atoms with van der Waals surface area (Å²) < 4.78 is 5.72. The molecule has 1 heterocycles. The van der Waals surface area contributed by atoms with Gasteiger partial charge in [-0.3, -0.25) is 0 Å². The molecular formula is C15H13NO3. The number of aromatic carboxylic acids is 1. The normalized spacial score (nSPS) is 11.0. The molecule has 0 aliphatic heterocycles. The van der Waals surface area contributed by atoms with Crippen LogP contribution in [0.25, 0.3) is 10.9 Å². The first-order chi connectivity index (χ1) is 8.93. The number of benzene rings is 1. The molecule has 0 atom stereocenters. The van der Waals surface area contributed by atoms with E-state index in [9.17, 15) is 4.79 Å². The molecule has 0 fully saturated rings. The fourth-order valence-corrected chi connectivity index (χ4v) is 1.64. The zero-order valence-corrected chi connectivity index (χ0v) is 10.7. The lowest BCUT2D eigenvalue weighted by Gasteiger charge is -2.21. The van der Waals surface area contributed by atoms with Crippen molar-refractivity contribution >= 4 is 16.9 Å². The molecule has 1 aromatic heterocycles. The lowest BCUT2D eigenvalue weighted by atomic mass is 10.1. The molecule has 19 heavy (non-hydrogen) atoms. The second-order valence-electron chi connectivity index (χ2n) is 4.58. The van der Waals surface area contributed by atoms with Crippen molar-refractivity contribution in [2.75, 3.05) is 0 Å². The number of aromatic nitrogens is 1. The van der Waals surface area contributed by atoms with Crippen LogP contribution in [0, 0.1) is 12.3 Å². The van der Waals surface area contributed by atoms with Crippen LogP contribution in [0.5, 0.6) is 5.75 Å². The maximum Gasteiger partial charge on any atom is 0.354 e. The summed E-state index contributed by atoms with van der Waals surface area (Å²) in [4.78, 5) is 15.1. The van der Waals surface area contributed by atoms with Crippen LogP contribution in [-0.2, 0) is 0 Å². The Morgan fingerprint density at radius 3 is 2.74 bits per heavy atom. The van der Waals surface area contributed by atoms with E-state index >= 15 is 0 Å². The highest BCUT2D eigenvalue weighted by molar-refractivity contribution is 5.93. The summed E-state index contributed by atoms with van der Waals surface area (Å²) in [5.41, 5.74) is -0.327. The third kappa shape index (κ3) is 2.66. The molecule has 1 aromatic carbocycles. The molecule has 4 nitrogen and oxygen atoms in total. The Bertz CT molecular complexity index is 683. The van der Waals surface area contributed by atoms with E-state index in [0.29, 0.717) is 11.3 Å². The first-order valence-corrected chi connectivity index (χ1v) is 5.73. The SMILES string of the molecule is C#CC(C)(C)Oc1cc(C(=O)O)nc2ccccc12. The predicted molar refractivity (Wildman–Crippen MR) is 72.2 cm³/mol. The molecule has 4 heteroatoms. The van der Waals surface area contributed by atoms with Crippen molar-refractivity contribution < 1.29 is 14.6 Å². The minimum absolute atomic E-state index is 0.0680. The van der Waals surface area contributed by atoms with Gasteiger partial charge >= 0.3 is 5.97 Å². The van der Waals surface area contributed by atoms with E-state index in [4.69, 9.17) is 16.3 Å². The molecule has 0 unspecified atom stereocenters. The van der Waals surface area contributed by atoms with Crippen LogP contribution in [0.15, 0.2) is 30.3 Å². The summed E-state index contributed by atoms with van der Waals surface area (Å²) in [7, 11) is 0. The minimum Gasteiger partial charge on any atom is -0.477 e. The third-order valence-corrected chi connectivity index (χ3v) is 2.61. The molecule has 0 spiro atoms. The quantitative estimate of drug-likeness (QED) is 0.857. The Balaban J connectivity index is 2.64. The second kappa shape index (κ2) is 4.62.